The van der Waals surface area contributed by atoms with Crippen molar-refractivity contribution >= 4 is 21.5 Å². The van der Waals surface area contributed by atoms with Gasteiger partial charge >= 0.3 is 6.18 Å². The van der Waals surface area contributed by atoms with Crippen molar-refractivity contribution in [3.05, 3.63) is 39.9 Å². The molecule has 1 nitrogen and oxygen atoms in total. The van der Waals surface area contributed by atoms with Crippen LogP contribution in [0.2, 0.25) is 0 Å². The Morgan fingerprint density at radius 1 is 1.33 bits per heavy atom. The topological polar surface area (TPSA) is 12.0 Å². The Hall–Kier alpha value is -0.810. The van der Waals surface area contributed by atoms with Gasteiger partial charge in [0.25, 0.3) is 0 Å². The minimum absolute atomic E-state index is 0.373. The molecule has 0 bridgehead atoms. The average molecular weight is 320 g/mol. The number of alkyl halides is 3. The van der Waals surface area contributed by atoms with E-state index in [0.717, 1.165) is 18.1 Å². The summed E-state index contributed by atoms with van der Waals surface area (Å²) >= 11 is 3.31. The number of hydrogen-bond donors (Lipinski definition) is 1. The van der Waals surface area contributed by atoms with Gasteiger partial charge in [0.1, 0.15) is 0 Å². The van der Waals surface area contributed by atoms with Crippen LogP contribution in [0.1, 0.15) is 24.5 Å². The molecule has 0 saturated heterocycles. The summed E-state index contributed by atoms with van der Waals surface area (Å²) in [5.74, 6) is 0. The van der Waals surface area contributed by atoms with Crippen LogP contribution in [-0.4, -0.2) is 12.6 Å². The molecule has 1 unspecified atom stereocenters. The molecule has 0 aromatic heterocycles. The van der Waals surface area contributed by atoms with Crippen LogP contribution in [-0.2, 0) is 6.18 Å². The maximum absolute atomic E-state index is 12.7. The summed E-state index contributed by atoms with van der Waals surface area (Å²) in [5, 5.41) is 3.25. The number of rotatable bonds is 1. The summed E-state index contributed by atoms with van der Waals surface area (Å²) in [5.41, 5.74) is 0.913. The summed E-state index contributed by atoms with van der Waals surface area (Å²) < 4.78 is 38.7. The van der Waals surface area contributed by atoms with E-state index in [1.165, 1.54) is 12.1 Å². The first kappa shape index (κ1) is 13.6. The third-order valence-corrected chi connectivity index (χ3v) is 3.69. The summed E-state index contributed by atoms with van der Waals surface area (Å²) in [7, 11) is 0. The van der Waals surface area contributed by atoms with E-state index >= 15 is 0 Å². The summed E-state index contributed by atoms with van der Waals surface area (Å²) in [6.45, 7) is 2.65. The molecule has 0 fully saturated rings. The zero-order chi connectivity index (χ0) is 13.3. The predicted molar refractivity (Wildman–Crippen MR) is 69.2 cm³/mol. The Labute approximate surface area is 112 Å². The fourth-order valence-electron chi connectivity index (χ4n) is 1.91. The van der Waals surface area contributed by atoms with Crippen LogP contribution in [0, 0.1) is 0 Å². The van der Waals surface area contributed by atoms with Crippen molar-refractivity contribution < 1.29 is 13.2 Å². The normalized spacial score (nSPS) is 20.7. The van der Waals surface area contributed by atoms with Gasteiger partial charge in [-0.2, -0.15) is 13.2 Å². The van der Waals surface area contributed by atoms with E-state index in [2.05, 4.69) is 28.2 Å². The molecule has 1 aromatic carbocycles. The molecule has 0 saturated carbocycles. The van der Waals surface area contributed by atoms with Crippen LogP contribution >= 0.6 is 15.9 Å². The van der Waals surface area contributed by atoms with Gasteiger partial charge in [-0.25, -0.2) is 0 Å². The van der Waals surface area contributed by atoms with Gasteiger partial charge in [0, 0.05) is 17.1 Å². The number of nitrogens with one attached hydrogen (secondary N) is 1. The van der Waals surface area contributed by atoms with Crippen LogP contribution in [0.5, 0.6) is 0 Å². The fourth-order valence-corrected chi connectivity index (χ4v) is 2.41. The molecule has 1 atom stereocenters. The highest BCUT2D eigenvalue weighted by Crippen LogP contribution is 2.34. The van der Waals surface area contributed by atoms with Gasteiger partial charge in [0.2, 0.25) is 0 Å². The monoisotopic (exact) mass is 319 g/mol. The first-order valence-corrected chi connectivity index (χ1v) is 6.47. The Morgan fingerprint density at radius 2 is 2.06 bits per heavy atom. The third kappa shape index (κ3) is 2.95. The summed E-state index contributed by atoms with van der Waals surface area (Å²) in [6, 6.07) is 4.12. The zero-order valence-electron chi connectivity index (χ0n) is 9.81. The van der Waals surface area contributed by atoms with Crippen LogP contribution < -0.4 is 5.32 Å². The third-order valence-electron chi connectivity index (χ3n) is 3.00. The first-order chi connectivity index (χ1) is 8.38. The lowest BCUT2D eigenvalue weighted by molar-refractivity contribution is -0.137. The minimum atomic E-state index is -4.30. The molecule has 1 aromatic rings. The molecule has 98 valence electrons. The van der Waals surface area contributed by atoms with Gasteiger partial charge < -0.3 is 5.32 Å². The van der Waals surface area contributed by atoms with Gasteiger partial charge in [-0.15, -0.1) is 0 Å². The van der Waals surface area contributed by atoms with Gasteiger partial charge in [0.15, 0.2) is 0 Å². The van der Waals surface area contributed by atoms with Crippen molar-refractivity contribution in [1.29, 1.82) is 0 Å². The van der Waals surface area contributed by atoms with Crippen LogP contribution in [0.4, 0.5) is 13.2 Å². The fraction of sp³-hybridized carbons (Fsp3) is 0.385. The van der Waals surface area contributed by atoms with E-state index < -0.39 is 11.7 Å². The molecule has 1 N–H and O–H groups in total. The van der Waals surface area contributed by atoms with Gasteiger partial charge in [0.05, 0.1) is 5.56 Å². The van der Waals surface area contributed by atoms with Gasteiger partial charge in [-0.05, 0) is 42.7 Å². The molecule has 18 heavy (non-hydrogen) atoms. The largest absolute Gasteiger partial charge is 0.416 e. The Balaban J connectivity index is 2.38. The molecule has 0 radical (unpaired) electrons. The molecule has 1 heterocycles. The lowest BCUT2D eigenvalue weighted by Gasteiger charge is -2.21. The Kier molecular flexibility index (Phi) is 3.82. The van der Waals surface area contributed by atoms with E-state index in [1.54, 1.807) is 0 Å². The first-order valence-electron chi connectivity index (χ1n) is 5.67. The highest BCUT2D eigenvalue weighted by molar-refractivity contribution is 9.10. The second-order valence-electron chi connectivity index (χ2n) is 4.44. The van der Waals surface area contributed by atoms with Gasteiger partial charge in [-0.1, -0.05) is 22.0 Å². The van der Waals surface area contributed by atoms with Crippen molar-refractivity contribution in [2.75, 3.05) is 6.54 Å². The van der Waals surface area contributed by atoms with Crippen LogP contribution in [0.25, 0.3) is 5.57 Å². The Morgan fingerprint density at radius 3 is 2.61 bits per heavy atom. The van der Waals surface area contributed by atoms with E-state index in [4.69, 9.17) is 0 Å². The van der Waals surface area contributed by atoms with E-state index in [0.29, 0.717) is 22.6 Å². The predicted octanol–water partition coefficient (Wildman–Crippen LogP) is 4.23. The molecule has 0 spiro atoms. The molecular formula is C13H13BrF3N. The molecule has 1 aliphatic heterocycles. The molecule has 2 rings (SSSR count). The van der Waals surface area contributed by atoms with Crippen molar-refractivity contribution in [1.82, 2.24) is 5.32 Å². The quantitative estimate of drug-likeness (QED) is 0.816. The van der Waals surface area contributed by atoms with E-state index in [9.17, 15) is 13.2 Å². The minimum Gasteiger partial charge on any atom is -0.310 e. The van der Waals surface area contributed by atoms with Crippen molar-refractivity contribution in [2.24, 2.45) is 0 Å². The van der Waals surface area contributed by atoms with Crippen molar-refractivity contribution in [3.8, 4) is 0 Å². The molecule has 5 heteroatoms. The SMILES string of the molecule is CC1CC=C(c2cc(C(F)(F)F)ccc2Br)CN1. The van der Waals surface area contributed by atoms with E-state index in [1.807, 2.05) is 6.08 Å². The maximum atomic E-state index is 12.7. The second-order valence-corrected chi connectivity index (χ2v) is 5.29. The molecular weight excluding hydrogens is 307 g/mol. The smallest absolute Gasteiger partial charge is 0.310 e. The highest BCUT2D eigenvalue weighted by Gasteiger charge is 2.31. The van der Waals surface area contributed by atoms with Crippen LogP contribution in [0.3, 0.4) is 0 Å². The van der Waals surface area contributed by atoms with Crippen molar-refractivity contribution in [2.45, 2.75) is 25.6 Å². The molecule has 0 amide bonds. The summed E-state index contributed by atoms with van der Waals surface area (Å²) in [4.78, 5) is 0. The number of hydrogen-bond acceptors (Lipinski definition) is 1. The molecule has 0 aliphatic carbocycles. The zero-order valence-corrected chi connectivity index (χ0v) is 11.4. The number of halogens is 4. The lowest BCUT2D eigenvalue weighted by Crippen LogP contribution is -2.30. The summed E-state index contributed by atoms with van der Waals surface area (Å²) in [6.07, 6.45) is -1.47. The Bertz CT molecular complexity index is 480. The van der Waals surface area contributed by atoms with Crippen LogP contribution in [0.15, 0.2) is 28.7 Å². The standard InChI is InChI=1S/C13H13BrF3N/c1-8-2-3-9(7-18-8)11-6-10(13(15,16)17)4-5-12(11)14/h3-6,8,18H,2,7H2,1H3. The highest BCUT2D eigenvalue weighted by atomic mass is 79.9. The van der Waals surface area contributed by atoms with Crippen molar-refractivity contribution in [3.63, 3.8) is 0 Å². The van der Waals surface area contributed by atoms with Gasteiger partial charge in [-0.3, -0.25) is 0 Å². The lowest BCUT2D eigenvalue weighted by atomic mass is 9.98. The average Bonchev–Trinajstić information content (AvgIpc) is 2.29. The maximum Gasteiger partial charge on any atom is 0.416 e. The second kappa shape index (κ2) is 5.05. The van der Waals surface area contributed by atoms with E-state index in [-0.39, 0.29) is 0 Å². The molecule has 1 aliphatic rings. The number of benzene rings is 1.